The lowest BCUT2D eigenvalue weighted by Crippen LogP contribution is -1.71. The average molecular weight is 222 g/mol. The average Bonchev–Trinajstić information content (AvgIpc) is 2.21. The molecule has 1 aromatic carbocycles. The Kier molecular flexibility index (Phi) is 7.29. The quantitative estimate of drug-likeness (QED) is 0.659. The third-order valence-corrected chi connectivity index (χ3v) is 1.74. The molecule has 0 aliphatic carbocycles. The first-order chi connectivity index (χ1) is 6.79. The van der Waals surface area contributed by atoms with E-state index in [4.69, 9.17) is 0 Å². The fraction of sp³-hybridized carbons (Fsp3) is 0.154. The predicted octanol–water partition coefficient (Wildman–Crippen LogP) is 3.81. The molecule has 0 radical (unpaired) electrons. The Morgan fingerprint density at radius 1 is 0.800 bits per heavy atom. The van der Waals surface area contributed by atoms with Gasteiger partial charge in [-0.3, -0.25) is 4.98 Å². The molecule has 0 saturated heterocycles. The summed E-state index contributed by atoms with van der Waals surface area (Å²) in [5.41, 5.74) is 2.68. The molecular formula is C13H16ClN. The summed E-state index contributed by atoms with van der Waals surface area (Å²) >= 11 is 0. The van der Waals surface area contributed by atoms with Crippen molar-refractivity contribution in [2.75, 3.05) is 0 Å². The lowest BCUT2D eigenvalue weighted by atomic mass is 10.2. The summed E-state index contributed by atoms with van der Waals surface area (Å²) in [6.07, 6.45) is 3.50. The molecule has 0 aliphatic rings. The van der Waals surface area contributed by atoms with E-state index in [1.165, 1.54) is 11.1 Å². The van der Waals surface area contributed by atoms with E-state index >= 15 is 0 Å². The predicted molar refractivity (Wildman–Crippen MR) is 67.4 cm³/mol. The first-order valence-corrected chi connectivity index (χ1v) is 4.67. The normalized spacial score (nSPS) is 8.13. The Labute approximate surface area is 97.6 Å². The maximum atomic E-state index is 3.78. The highest BCUT2D eigenvalue weighted by molar-refractivity contribution is 5.85. The molecule has 1 heterocycles. The second-order valence-electron chi connectivity index (χ2n) is 3.18. The molecule has 0 amide bonds. The van der Waals surface area contributed by atoms with E-state index in [9.17, 15) is 0 Å². The van der Waals surface area contributed by atoms with E-state index in [0.29, 0.717) is 0 Å². The molecule has 2 rings (SSSR count). The Morgan fingerprint density at radius 3 is 1.53 bits per heavy atom. The summed E-state index contributed by atoms with van der Waals surface area (Å²) in [6, 6.07) is 14.2. The number of benzene rings is 1. The summed E-state index contributed by atoms with van der Waals surface area (Å²) in [6.45, 7) is 4.21. The summed E-state index contributed by atoms with van der Waals surface area (Å²) in [7, 11) is 0. The van der Waals surface area contributed by atoms with Gasteiger partial charge in [0.2, 0.25) is 0 Å². The molecule has 15 heavy (non-hydrogen) atoms. The van der Waals surface area contributed by atoms with E-state index in [0.717, 1.165) is 0 Å². The number of hydrogen-bond acceptors (Lipinski definition) is 1. The minimum absolute atomic E-state index is 0. The maximum Gasteiger partial charge on any atom is 0.0267 e. The van der Waals surface area contributed by atoms with E-state index in [1.807, 2.05) is 18.2 Å². The van der Waals surface area contributed by atoms with Crippen LogP contribution in [-0.2, 0) is 0 Å². The van der Waals surface area contributed by atoms with Crippen molar-refractivity contribution in [2.45, 2.75) is 13.8 Å². The van der Waals surface area contributed by atoms with Gasteiger partial charge in [0.05, 0.1) is 0 Å². The number of pyridine rings is 1. The van der Waals surface area contributed by atoms with Gasteiger partial charge in [-0.15, -0.1) is 12.4 Å². The zero-order valence-corrected chi connectivity index (χ0v) is 9.87. The van der Waals surface area contributed by atoms with Crippen molar-refractivity contribution < 1.29 is 0 Å². The van der Waals surface area contributed by atoms with Crippen LogP contribution >= 0.6 is 12.4 Å². The SMILES string of the molecule is Cc1cccc(C)c1.Cl.c1ccncc1. The van der Waals surface area contributed by atoms with Gasteiger partial charge < -0.3 is 0 Å². The number of halogens is 1. The van der Waals surface area contributed by atoms with Gasteiger partial charge in [0.25, 0.3) is 0 Å². The molecule has 0 saturated carbocycles. The Balaban J connectivity index is 0.000000253. The van der Waals surface area contributed by atoms with E-state index in [-0.39, 0.29) is 12.4 Å². The molecule has 0 bridgehead atoms. The Bertz CT molecular complexity index is 316. The van der Waals surface area contributed by atoms with Crippen molar-refractivity contribution in [1.82, 2.24) is 4.98 Å². The van der Waals surface area contributed by atoms with Crippen molar-refractivity contribution >= 4 is 12.4 Å². The molecule has 0 N–H and O–H groups in total. The Morgan fingerprint density at radius 2 is 1.33 bits per heavy atom. The van der Waals surface area contributed by atoms with Crippen LogP contribution in [0.3, 0.4) is 0 Å². The smallest absolute Gasteiger partial charge is 0.0267 e. The standard InChI is InChI=1S/C8H10.C5H5N.ClH/c1-7-4-3-5-8(2)6-7;1-2-4-6-5-3-1;/h3-6H,1-2H3;1-5H;1H. The molecule has 0 aliphatic heterocycles. The van der Waals surface area contributed by atoms with Gasteiger partial charge in [-0.05, 0) is 26.0 Å². The largest absolute Gasteiger partial charge is 0.265 e. The lowest BCUT2D eigenvalue weighted by Gasteiger charge is -1.90. The topological polar surface area (TPSA) is 12.9 Å². The van der Waals surface area contributed by atoms with Gasteiger partial charge in [-0.25, -0.2) is 0 Å². The highest BCUT2D eigenvalue weighted by Crippen LogP contribution is 2.00. The van der Waals surface area contributed by atoms with Crippen LogP contribution in [0.4, 0.5) is 0 Å². The summed E-state index contributed by atoms with van der Waals surface area (Å²) in [5, 5.41) is 0. The van der Waals surface area contributed by atoms with Gasteiger partial charge in [0.15, 0.2) is 0 Å². The molecule has 0 atom stereocenters. The highest BCUT2D eigenvalue weighted by atomic mass is 35.5. The third-order valence-electron chi connectivity index (χ3n) is 1.74. The zero-order chi connectivity index (χ0) is 10.2. The Hall–Kier alpha value is -1.34. The monoisotopic (exact) mass is 221 g/mol. The van der Waals surface area contributed by atoms with Gasteiger partial charge >= 0.3 is 0 Å². The van der Waals surface area contributed by atoms with Crippen LogP contribution in [0.5, 0.6) is 0 Å². The number of nitrogens with zero attached hydrogens (tertiary/aromatic N) is 1. The summed E-state index contributed by atoms with van der Waals surface area (Å²) in [4.78, 5) is 3.78. The van der Waals surface area contributed by atoms with Crippen molar-refractivity contribution in [3.8, 4) is 0 Å². The van der Waals surface area contributed by atoms with Crippen LogP contribution < -0.4 is 0 Å². The second-order valence-corrected chi connectivity index (χ2v) is 3.18. The lowest BCUT2D eigenvalue weighted by molar-refractivity contribution is 1.33. The van der Waals surface area contributed by atoms with Gasteiger partial charge in [-0.2, -0.15) is 0 Å². The third kappa shape index (κ3) is 6.69. The van der Waals surface area contributed by atoms with Crippen LogP contribution in [0.1, 0.15) is 11.1 Å². The number of hydrogen-bond donors (Lipinski definition) is 0. The summed E-state index contributed by atoms with van der Waals surface area (Å²) in [5.74, 6) is 0. The minimum atomic E-state index is 0. The molecule has 80 valence electrons. The van der Waals surface area contributed by atoms with Crippen LogP contribution in [0.2, 0.25) is 0 Å². The van der Waals surface area contributed by atoms with Crippen molar-refractivity contribution in [2.24, 2.45) is 0 Å². The first kappa shape index (κ1) is 13.7. The van der Waals surface area contributed by atoms with Crippen molar-refractivity contribution in [3.05, 3.63) is 66.0 Å². The molecular weight excluding hydrogens is 206 g/mol. The van der Waals surface area contributed by atoms with Crippen molar-refractivity contribution in [3.63, 3.8) is 0 Å². The molecule has 2 aromatic rings. The van der Waals surface area contributed by atoms with E-state index in [2.05, 4.69) is 43.1 Å². The first-order valence-electron chi connectivity index (χ1n) is 4.67. The molecule has 2 heteroatoms. The van der Waals surface area contributed by atoms with Crippen LogP contribution in [0.15, 0.2) is 54.9 Å². The second kappa shape index (κ2) is 8.01. The van der Waals surface area contributed by atoms with Gasteiger partial charge in [0.1, 0.15) is 0 Å². The maximum absolute atomic E-state index is 3.78. The van der Waals surface area contributed by atoms with Crippen LogP contribution in [-0.4, -0.2) is 4.98 Å². The molecule has 0 spiro atoms. The number of aryl methyl sites for hydroxylation is 2. The van der Waals surface area contributed by atoms with Crippen LogP contribution in [0.25, 0.3) is 0 Å². The fourth-order valence-electron chi connectivity index (χ4n) is 1.12. The molecule has 1 nitrogen and oxygen atoms in total. The molecule has 0 fully saturated rings. The highest BCUT2D eigenvalue weighted by Gasteiger charge is 1.80. The summed E-state index contributed by atoms with van der Waals surface area (Å²) < 4.78 is 0. The van der Waals surface area contributed by atoms with Gasteiger partial charge in [0, 0.05) is 12.4 Å². The number of rotatable bonds is 0. The minimum Gasteiger partial charge on any atom is -0.265 e. The van der Waals surface area contributed by atoms with Gasteiger partial charge in [-0.1, -0.05) is 41.5 Å². The molecule has 1 aromatic heterocycles. The van der Waals surface area contributed by atoms with Crippen LogP contribution in [0, 0.1) is 13.8 Å². The number of aromatic nitrogens is 1. The van der Waals surface area contributed by atoms with E-state index in [1.54, 1.807) is 12.4 Å². The molecule has 0 unspecified atom stereocenters. The zero-order valence-electron chi connectivity index (χ0n) is 9.05. The van der Waals surface area contributed by atoms with E-state index < -0.39 is 0 Å². The fourth-order valence-corrected chi connectivity index (χ4v) is 1.12. The van der Waals surface area contributed by atoms with Crippen molar-refractivity contribution in [1.29, 1.82) is 0 Å².